The molecule has 0 aromatic carbocycles. The average Bonchev–Trinajstić information content (AvgIpc) is 2.53. The van der Waals surface area contributed by atoms with E-state index in [-0.39, 0.29) is 5.91 Å². The predicted molar refractivity (Wildman–Crippen MR) is 83.0 cm³/mol. The van der Waals surface area contributed by atoms with E-state index in [9.17, 15) is 4.79 Å². The molecule has 0 aliphatic heterocycles. The zero-order valence-corrected chi connectivity index (χ0v) is 12.3. The number of pyridine rings is 2. The van der Waals surface area contributed by atoms with Crippen LogP contribution in [-0.2, 0) is 6.54 Å². The third-order valence-electron chi connectivity index (χ3n) is 3.18. The summed E-state index contributed by atoms with van der Waals surface area (Å²) < 4.78 is 0. The van der Waals surface area contributed by atoms with E-state index < -0.39 is 0 Å². The fourth-order valence-corrected chi connectivity index (χ4v) is 1.81. The van der Waals surface area contributed by atoms with Gasteiger partial charge in [0.1, 0.15) is 0 Å². The quantitative estimate of drug-likeness (QED) is 0.855. The van der Waals surface area contributed by atoms with Crippen molar-refractivity contribution in [2.24, 2.45) is 0 Å². The number of nitrogens with zero attached hydrogens (tertiary/aromatic N) is 2. The van der Waals surface area contributed by atoms with Gasteiger partial charge < -0.3 is 10.6 Å². The molecule has 2 N–H and O–H groups in total. The van der Waals surface area contributed by atoms with Crippen molar-refractivity contribution in [3.63, 3.8) is 0 Å². The van der Waals surface area contributed by atoms with Gasteiger partial charge in [-0.05, 0) is 31.5 Å². The largest absolute Gasteiger partial charge is 0.381 e. The molecule has 0 saturated heterocycles. The van der Waals surface area contributed by atoms with Crippen molar-refractivity contribution in [3.05, 3.63) is 54.1 Å². The van der Waals surface area contributed by atoms with E-state index in [2.05, 4.69) is 34.4 Å². The molecule has 0 bridgehead atoms. The summed E-state index contributed by atoms with van der Waals surface area (Å²) in [5.41, 5.74) is 2.22. The van der Waals surface area contributed by atoms with Crippen molar-refractivity contribution in [1.82, 2.24) is 15.3 Å². The van der Waals surface area contributed by atoms with Gasteiger partial charge in [-0.2, -0.15) is 0 Å². The van der Waals surface area contributed by atoms with Gasteiger partial charge >= 0.3 is 0 Å². The van der Waals surface area contributed by atoms with Crippen molar-refractivity contribution in [3.8, 4) is 0 Å². The second-order valence-electron chi connectivity index (χ2n) is 4.92. The SMILES string of the molecule is CCC(C)Nc1cncc(C(=O)NCc2ccccn2)c1. The van der Waals surface area contributed by atoms with E-state index in [0.717, 1.165) is 17.8 Å². The minimum atomic E-state index is -0.152. The molecule has 110 valence electrons. The summed E-state index contributed by atoms with van der Waals surface area (Å²) in [5.74, 6) is -0.152. The van der Waals surface area contributed by atoms with Crippen molar-refractivity contribution in [1.29, 1.82) is 0 Å². The molecular formula is C16H20N4O. The fourth-order valence-electron chi connectivity index (χ4n) is 1.81. The van der Waals surface area contributed by atoms with Gasteiger partial charge in [-0.25, -0.2) is 0 Å². The number of nitrogens with one attached hydrogen (secondary N) is 2. The summed E-state index contributed by atoms with van der Waals surface area (Å²) >= 11 is 0. The Bertz CT molecular complexity index is 586. The molecule has 0 aliphatic carbocycles. The van der Waals surface area contributed by atoms with Crippen LogP contribution in [0.5, 0.6) is 0 Å². The monoisotopic (exact) mass is 284 g/mol. The molecule has 2 rings (SSSR count). The highest BCUT2D eigenvalue weighted by Gasteiger charge is 2.08. The number of anilines is 1. The smallest absolute Gasteiger partial charge is 0.253 e. The molecule has 5 nitrogen and oxygen atoms in total. The van der Waals surface area contributed by atoms with E-state index in [0.29, 0.717) is 18.2 Å². The molecule has 21 heavy (non-hydrogen) atoms. The molecule has 1 unspecified atom stereocenters. The van der Waals surface area contributed by atoms with Crippen LogP contribution in [-0.4, -0.2) is 21.9 Å². The van der Waals surface area contributed by atoms with Gasteiger partial charge in [0.15, 0.2) is 0 Å². The van der Waals surface area contributed by atoms with Crippen LogP contribution in [0.4, 0.5) is 5.69 Å². The van der Waals surface area contributed by atoms with Crippen LogP contribution >= 0.6 is 0 Å². The number of aromatic nitrogens is 2. The first-order valence-corrected chi connectivity index (χ1v) is 7.08. The first-order valence-electron chi connectivity index (χ1n) is 7.08. The van der Waals surface area contributed by atoms with Crippen LogP contribution in [0.1, 0.15) is 36.3 Å². The maximum atomic E-state index is 12.1. The topological polar surface area (TPSA) is 66.9 Å². The normalized spacial score (nSPS) is 11.7. The Kier molecular flexibility index (Phi) is 5.26. The Morgan fingerprint density at radius 2 is 2.19 bits per heavy atom. The minimum Gasteiger partial charge on any atom is -0.381 e. The van der Waals surface area contributed by atoms with Gasteiger partial charge in [0.25, 0.3) is 5.91 Å². The summed E-state index contributed by atoms with van der Waals surface area (Å²) in [6.07, 6.45) is 6.01. The molecule has 0 fully saturated rings. The fraction of sp³-hybridized carbons (Fsp3) is 0.312. The first-order chi connectivity index (χ1) is 10.2. The Balaban J connectivity index is 1.97. The zero-order valence-electron chi connectivity index (χ0n) is 12.3. The van der Waals surface area contributed by atoms with Crippen molar-refractivity contribution in [2.45, 2.75) is 32.9 Å². The molecule has 0 radical (unpaired) electrons. The molecular weight excluding hydrogens is 264 g/mol. The average molecular weight is 284 g/mol. The highest BCUT2D eigenvalue weighted by molar-refractivity contribution is 5.94. The van der Waals surface area contributed by atoms with Crippen molar-refractivity contribution in [2.75, 3.05) is 5.32 Å². The van der Waals surface area contributed by atoms with Gasteiger partial charge in [0.05, 0.1) is 23.5 Å². The second kappa shape index (κ2) is 7.38. The van der Waals surface area contributed by atoms with Crippen LogP contribution < -0.4 is 10.6 Å². The van der Waals surface area contributed by atoms with Crippen LogP contribution in [0.2, 0.25) is 0 Å². The summed E-state index contributed by atoms with van der Waals surface area (Å²) in [5, 5.41) is 6.15. The van der Waals surface area contributed by atoms with E-state index in [4.69, 9.17) is 0 Å². The lowest BCUT2D eigenvalue weighted by Crippen LogP contribution is -2.23. The van der Waals surface area contributed by atoms with E-state index in [1.165, 1.54) is 0 Å². The molecule has 2 aromatic heterocycles. The molecule has 1 atom stereocenters. The zero-order chi connectivity index (χ0) is 15.1. The summed E-state index contributed by atoms with van der Waals surface area (Å²) in [6, 6.07) is 7.77. The van der Waals surface area contributed by atoms with Crippen molar-refractivity contribution < 1.29 is 4.79 Å². The maximum Gasteiger partial charge on any atom is 0.253 e. The maximum absolute atomic E-state index is 12.1. The minimum absolute atomic E-state index is 0.152. The number of amides is 1. The van der Waals surface area contributed by atoms with Gasteiger partial charge in [0, 0.05) is 24.6 Å². The van der Waals surface area contributed by atoms with E-state index in [1.54, 1.807) is 18.6 Å². The lowest BCUT2D eigenvalue weighted by atomic mass is 10.2. The van der Waals surface area contributed by atoms with Gasteiger partial charge in [-0.3, -0.25) is 14.8 Å². The van der Waals surface area contributed by atoms with E-state index in [1.807, 2.05) is 24.3 Å². The number of hydrogen-bond acceptors (Lipinski definition) is 4. The van der Waals surface area contributed by atoms with Crippen LogP contribution in [0.25, 0.3) is 0 Å². The second-order valence-corrected chi connectivity index (χ2v) is 4.92. The Morgan fingerprint density at radius 1 is 1.33 bits per heavy atom. The lowest BCUT2D eigenvalue weighted by molar-refractivity contribution is 0.0950. The summed E-state index contributed by atoms with van der Waals surface area (Å²) in [7, 11) is 0. The highest BCUT2D eigenvalue weighted by atomic mass is 16.1. The van der Waals surface area contributed by atoms with Gasteiger partial charge in [-0.15, -0.1) is 0 Å². The third-order valence-corrected chi connectivity index (χ3v) is 3.18. The standard InChI is InChI=1S/C16H20N4O/c1-3-12(2)20-15-8-13(9-17-10-15)16(21)19-11-14-6-4-5-7-18-14/h4-10,12,20H,3,11H2,1-2H3,(H,19,21). The number of hydrogen-bond donors (Lipinski definition) is 2. The number of rotatable bonds is 6. The molecule has 0 saturated carbocycles. The Morgan fingerprint density at radius 3 is 2.90 bits per heavy atom. The predicted octanol–water partition coefficient (Wildman–Crippen LogP) is 2.62. The molecule has 0 spiro atoms. The summed E-state index contributed by atoms with van der Waals surface area (Å²) in [4.78, 5) is 20.4. The lowest BCUT2D eigenvalue weighted by Gasteiger charge is -2.13. The highest BCUT2D eigenvalue weighted by Crippen LogP contribution is 2.11. The van der Waals surface area contributed by atoms with Gasteiger partial charge in [0.2, 0.25) is 0 Å². The first kappa shape index (κ1) is 15.0. The Hall–Kier alpha value is -2.43. The Labute approximate surface area is 124 Å². The molecule has 2 heterocycles. The van der Waals surface area contributed by atoms with Crippen LogP contribution in [0, 0.1) is 0 Å². The number of carbonyl (C=O) groups is 1. The summed E-state index contributed by atoms with van der Waals surface area (Å²) in [6.45, 7) is 4.60. The third kappa shape index (κ3) is 4.56. The van der Waals surface area contributed by atoms with Crippen LogP contribution in [0.15, 0.2) is 42.9 Å². The molecule has 1 amide bonds. The van der Waals surface area contributed by atoms with Gasteiger partial charge in [-0.1, -0.05) is 13.0 Å². The van der Waals surface area contributed by atoms with Crippen molar-refractivity contribution >= 4 is 11.6 Å². The van der Waals surface area contributed by atoms with E-state index >= 15 is 0 Å². The molecule has 5 heteroatoms. The molecule has 0 aliphatic rings. The van der Waals surface area contributed by atoms with Crippen LogP contribution in [0.3, 0.4) is 0 Å². The number of carbonyl (C=O) groups excluding carboxylic acids is 1. The molecule has 2 aromatic rings.